The van der Waals surface area contributed by atoms with Crippen LogP contribution >= 0.6 is 0 Å². The summed E-state index contributed by atoms with van der Waals surface area (Å²) < 4.78 is 5.47. The molecule has 0 bridgehead atoms. The minimum Gasteiger partial charge on any atom is -0.381 e. The minimum atomic E-state index is 0.718. The van der Waals surface area contributed by atoms with Gasteiger partial charge >= 0.3 is 0 Å². The number of aromatic nitrogens is 1. The lowest BCUT2D eigenvalue weighted by Gasteiger charge is -2.23. The molecular formula is C16H22N2O. The number of ether oxygens (including phenoxy) is 1. The summed E-state index contributed by atoms with van der Waals surface area (Å²) in [5.74, 6) is 0.718. The van der Waals surface area contributed by atoms with Gasteiger partial charge in [0.15, 0.2) is 0 Å². The number of hydrogen-bond acceptors (Lipinski definition) is 2. The van der Waals surface area contributed by atoms with Gasteiger partial charge in [-0.2, -0.15) is 0 Å². The minimum absolute atomic E-state index is 0.718. The smallest absolute Gasteiger partial charge is 0.0507 e. The molecule has 3 rings (SSSR count). The van der Waals surface area contributed by atoms with E-state index in [1.54, 1.807) is 0 Å². The Hall–Kier alpha value is -1.32. The van der Waals surface area contributed by atoms with Gasteiger partial charge in [0.05, 0.1) is 6.61 Å². The third kappa shape index (κ3) is 2.99. The van der Waals surface area contributed by atoms with E-state index < -0.39 is 0 Å². The van der Waals surface area contributed by atoms with Crippen molar-refractivity contribution in [3.63, 3.8) is 0 Å². The molecule has 1 N–H and O–H groups in total. The Labute approximate surface area is 114 Å². The molecule has 19 heavy (non-hydrogen) atoms. The zero-order chi connectivity index (χ0) is 13.1. The van der Waals surface area contributed by atoms with Crippen molar-refractivity contribution < 1.29 is 4.74 Å². The van der Waals surface area contributed by atoms with Crippen molar-refractivity contribution in [3.05, 3.63) is 36.0 Å². The SMILES string of the molecule is CCN(Cc1ccc2[nH]ccc2c1)C[C@H]1CCOC1. The highest BCUT2D eigenvalue weighted by Gasteiger charge is 2.18. The number of aromatic amines is 1. The summed E-state index contributed by atoms with van der Waals surface area (Å²) in [7, 11) is 0. The van der Waals surface area contributed by atoms with Crippen LogP contribution in [-0.2, 0) is 11.3 Å². The van der Waals surface area contributed by atoms with Crippen molar-refractivity contribution in [1.29, 1.82) is 0 Å². The molecule has 1 atom stereocenters. The molecule has 1 aromatic heterocycles. The van der Waals surface area contributed by atoms with Crippen LogP contribution in [0.15, 0.2) is 30.5 Å². The molecule has 1 aliphatic rings. The van der Waals surface area contributed by atoms with Crippen LogP contribution in [0, 0.1) is 5.92 Å². The zero-order valence-corrected chi connectivity index (χ0v) is 11.6. The standard InChI is InChI=1S/C16H22N2O/c1-2-18(11-14-6-8-19-12-14)10-13-3-4-16-15(9-13)5-7-17-16/h3-5,7,9,14,17H,2,6,8,10-12H2,1H3/t14-/m1/s1. The van der Waals surface area contributed by atoms with Crippen LogP contribution in [0.4, 0.5) is 0 Å². The molecule has 0 aliphatic carbocycles. The second-order valence-electron chi connectivity index (χ2n) is 5.46. The van der Waals surface area contributed by atoms with Crippen molar-refractivity contribution in [2.45, 2.75) is 19.9 Å². The first-order chi connectivity index (χ1) is 9.35. The summed E-state index contributed by atoms with van der Waals surface area (Å²) in [6.07, 6.45) is 3.22. The normalized spacial score (nSPS) is 19.6. The first kappa shape index (κ1) is 12.7. The first-order valence-corrected chi connectivity index (χ1v) is 7.21. The van der Waals surface area contributed by atoms with E-state index in [2.05, 4.69) is 41.1 Å². The highest BCUT2D eigenvalue weighted by Crippen LogP contribution is 2.18. The van der Waals surface area contributed by atoms with Crippen molar-refractivity contribution >= 4 is 10.9 Å². The predicted molar refractivity (Wildman–Crippen MR) is 78.2 cm³/mol. The molecule has 0 radical (unpaired) electrons. The van der Waals surface area contributed by atoms with Crippen LogP contribution in [0.2, 0.25) is 0 Å². The van der Waals surface area contributed by atoms with E-state index in [1.807, 2.05) is 6.20 Å². The molecule has 2 heterocycles. The molecule has 1 aromatic carbocycles. The Morgan fingerprint density at radius 1 is 1.37 bits per heavy atom. The van der Waals surface area contributed by atoms with Gasteiger partial charge in [-0.05, 0) is 48.0 Å². The Balaban J connectivity index is 1.66. The fourth-order valence-corrected chi connectivity index (χ4v) is 2.86. The predicted octanol–water partition coefficient (Wildman–Crippen LogP) is 3.03. The van der Waals surface area contributed by atoms with Crippen LogP contribution < -0.4 is 0 Å². The van der Waals surface area contributed by atoms with E-state index in [0.29, 0.717) is 0 Å². The average molecular weight is 258 g/mol. The molecule has 0 unspecified atom stereocenters. The number of nitrogens with one attached hydrogen (secondary N) is 1. The quantitative estimate of drug-likeness (QED) is 0.893. The number of benzene rings is 1. The van der Waals surface area contributed by atoms with Gasteiger partial charge in [-0.3, -0.25) is 4.90 Å². The summed E-state index contributed by atoms with van der Waals surface area (Å²) in [5.41, 5.74) is 2.61. The lowest BCUT2D eigenvalue weighted by molar-refractivity contribution is 0.167. The number of hydrogen-bond donors (Lipinski definition) is 1. The molecule has 3 heteroatoms. The van der Waals surface area contributed by atoms with Crippen molar-refractivity contribution in [2.24, 2.45) is 5.92 Å². The molecule has 0 saturated carbocycles. The van der Waals surface area contributed by atoms with Crippen molar-refractivity contribution in [1.82, 2.24) is 9.88 Å². The molecule has 3 nitrogen and oxygen atoms in total. The van der Waals surface area contributed by atoms with E-state index in [-0.39, 0.29) is 0 Å². The second-order valence-corrected chi connectivity index (χ2v) is 5.46. The molecule has 0 amide bonds. The maximum Gasteiger partial charge on any atom is 0.0507 e. The van der Waals surface area contributed by atoms with Crippen molar-refractivity contribution in [3.8, 4) is 0 Å². The van der Waals surface area contributed by atoms with Gasteiger partial charge in [0.25, 0.3) is 0 Å². The fourth-order valence-electron chi connectivity index (χ4n) is 2.86. The second kappa shape index (κ2) is 5.76. The van der Waals surface area contributed by atoms with E-state index in [4.69, 9.17) is 4.74 Å². The van der Waals surface area contributed by atoms with E-state index in [1.165, 1.54) is 22.9 Å². The van der Waals surface area contributed by atoms with Gasteiger partial charge in [0.2, 0.25) is 0 Å². The first-order valence-electron chi connectivity index (χ1n) is 7.21. The lowest BCUT2D eigenvalue weighted by Crippen LogP contribution is -2.29. The van der Waals surface area contributed by atoms with Crippen LogP contribution in [-0.4, -0.2) is 36.2 Å². The molecule has 1 fully saturated rings. The van der Waals surface area contributed by atoms with E-state index in [9.17, 15) is 0 Å². The summed E-state index contributed by atoms with van der Waals surface area (Å²) in [4.78, 5) is 5.76. The van der Waals surface area contributed by atoms with Crippen molar-refractivity contribution in [2.75, 3.05) is 26.3 Å². The monoisotopic (exact) mass is 258 g/mol. The summed E-state index contributed by atoms with van der Waals surface area (Å²) in [5, 5.41) is 1.30. The van der Waals surface area contributed by atoms with Crippen LogP contribution in [0.3, 0.4) is 0 Å². The van der Waals surface area contributed by atoms with Gasteiger partial charge in [-0.15, -0.1) is 0 Å². The van der Waals surface area contributed by atoms with Crippen LogP contribution in [0.1, 0.15) is 18.9 Å². The Morgan fingerprint density at radius 3 is 3.11 bits per heavy atom. The van der Waals surface area contributed by atoms with Gasteiger partial charge in [0, 0.05) is 31.4 Å². The summed E-state index contributed by atoms with van der Waals surface area (Å²) in [6, 6.07) is 8.84. The molecule has 102 valence electrons. The molecule has 1 aliphatic heterocycles. The molecule has 1 saturated heterocycles. The van der Waals surface area contributed by atoms with Gasteiger partial charge in [-0.1, -0.05) is 13.0 Å². The molecule has 0 spiro atoms. The van der Waals surface area contributed by atoms with E-state index >= 15 is 0 Å². The third-order valence-electron chi connectivity index (χ3n) is 4.01. The van der Waals surface area contributed by atoms with Gasteiger partial charge in [0.1, 0.15) is 0 Å². The Morgan fingerprint density at radius 2 is 2.32 bits per heavy atom. The topological polar surface area (TPSA) is 28.3 Å². The zero-order valence-electron chi connectivity index (χ0n) is 11.6. The summed E-state index contributed by atoms with van der Waals surface area (Å²) in [6.45, 7) is 7.41. The van der Waals surface area contributed by atoms with Crippen LogP contribution in [0.25, 0.3) is 10.9 Å². The highest BCUT2D eigenvalue weighted by atomic mass is 16.5. The number of fused-ring (bicyclic) bond motifs is 1. The molecular weight excluding hydrogens is 236 g/mol. The maximum atomic E-state index is 5.47. The average Bonchev–Trinajstić information content (AvgIpc) is 3.08. The molecule has 2 aromatic rings. The Kier molecular flexibility index (Phi) is 3.85. The lowest BCUT2D eigenvalue weighted by atomic mass is 10.1. The van der Waals surface area contributed by atoms with Gasteiger partial charge < -0.3 is 9.72 Å². The highest BCUT2D eigenvalue weighted by molar-refractivity contribution is 5.79. The summed E-state index contributed by atoms with van der Waals surface area (Å²) >= 11 is 0. The van der Waals surface area contributed by atoms with Crippen LogP contribution in [0.5, 0.6) is 0 Å². The number of nitrogens with zero attached hydrogens (tertiary/aromatic N) is 1. The third-order valence-corrected chi connectivity index (χ3v) is 4.01. The number of H-pyrrole nitrogens is 1. The maximum absolute atomic E-state index is 5.47. The number of rotatable bonds is 5. The largest absolute Gasteiger partial charge is 0.381 e. The van der Waals surface area contributed by atoms with Gasteiger partial charge in [-0.25, -0.2) is 0 Å². The fraction of sp³-hybridized carbons (Fsp3) is 0.500. The Bertz CT molecular complexity index is 528. The van der Waals surface area contributed by atoms with E-state index in [0.717, 1.165) is 38.8 Å².